The molecule has 6 nitrogen and oxygen atoms in total. The Kier molecular flexibility index (Phi) is 3.81. The number of amides is 1. The third-order valence-electron chi connectivity index (χ3n) is 5.50. The molecule has 25 heavy (non-hydrogen) atoms. The fraction of sp³-hybridized carbons (Fsp3) is 0.444. The first-order chi connectivity index (χ1) is 11.9. The van der Waals surface area contributed by atoms with Gasteiger partial charge in [0.2, 0.25) is 0 Å². The molecule has 3 heterocycles. The SMILES string of the molecule is CN(C)[C@@H]1CS(=O)(=O)[C@H]2CN(C(=O)c3ccnc4ccccc34)C[C@@H]12. The zero-order valence-electron chi connectivity index (χ0n) is 14.3. The van der Waals surface area contributed by atoms with Gasteiger partial charge < -0.3 is 9.80 Å². The molecular formula is C18H21N3O3S. The summed E-state index contributed by atoms with van der Waals surface area (Å²) in [6.45, 7) is 0.773. The van der Waals surface area contributed by atoms with Crippen LogP contribution in [0.5, 0.6) is 0 Å². The first kappa shape index (κ1) is 16.5. The number of benzene rings is 1. The number of likely N-dealkylation sites (tertiary alicyclic amines) is 1. The first-order valence-corrected chi connectivity index (χ1v) is 10.1. The molecule has 0 saturated carbocycles. The fourth-order valence-electron chi connectivity index (χ4n) is 4.18. The Bertz CT molecular complexity index is 936. The van der Waals surface area contributed by atoms with E-state index >= 15 is 0 Å². The number of sulfone groups is 1. The van der Waals surface area contributed by atoms with Crippen molar-refractivity contribution in [2.75, 3.05) is 32.9 Å². The maximum Gasteiger partial charge on any atom is 0.254 e. The van der Waals surface area contributed by atoms with Crippen LogP contribution in [0.25, 0.3) is 10.9 Å². The highest BCUT2D eigenvalue weighted by Crippen LogP contribution is 2.36. The van der Waals surface area contributed by atoms with Crippen LogP contribution in [-0.4, -0.2) is 73.3 Å². The second kappa shape index (κ2) is 5.78. The van der Waals surface area contributed by atoms with E-state index in [1.54, 1.807) is 17.2 Å². The van der Waals surface area contributed by atoms with Gasteiger partial charge >= 0.3 is 0 Å². The molecule has 0 aliphatic carbocycles. The summed E-state index contributed by atoms with van der Waals surface area (Å²) < 4.78 is 25.0. The zero-order chi connectivity index (χ0) is 17.8. The summed E-state index contributed by atoms with van der Waals surface area (Å²) in [6.07, 6.45) is 1.63. The predicted octanol–water partition coefficient (Wildman–Crippen LogP) is 1.03. The van der Waals surface area contributed by atoms with Gasteiger partial charge in [-0.15, -0.1) is 0 Å². The lowest BCUT2D eigenvalue weighted by Gasteiger charge is -2.25. The van der Waals surface area contributed by atoms with Crippen molar-refractivity contribution in [3.05, 3.63) is 42.1 Å². The number of rotatable bonds is 2. The van der Waals surface area contributed by atoms with E-state index in [4.69, 9.17) is 0 Å². The van der Waals surface area contributed by atoms with Gasteiger partial charge in [-0.1, -0.05) is 18.2 Å². The van der Waals surface area contributed by atoms with E-state index in [0.29, 0.717) is 12.1 Å². The van der Waals surface area contributed by atoms with Crippen molar-refractivity contribution in [2.24, 2.45) is 5.92 Å². The van der Waals surface area contributed by atoms with Crippen molar-refractivity contribution in [3.63, 3.8) is 0 Å². The van der Waals surface area contributed by atoms with Crippen LogP contribution >= 0.6 is 0 Å². The van der Waals surface area contributed by atoms with Crippen LogP contribution in [0, 0.1) is 5.92 Å². The molecule has 2 aliphatic heterocycles. The molecule has 2 aromatic rings. The summed E-state index contributed by atoms with van der Waals surface area (Å²) in [4.78, 5) is 21.0. The summed E-state index contributed by atoms with van der Waals surface area (Å²) in [6, 6.07) is 9.21. The molecule has 1 aromatic carbocycles. The lowest BCUT2D eigenvalue weighted by Crippen LogP contribution is -2.38. The summed E-state index contributed by atoms with van der Waals surface area (Å²) in [5.41, 5.74) is 1.36. The maximum atomic E-state index is 13.1. The van der Waals surface area contributed by atoms with Gasteiger partial charge in [-0.2, -0.15) is 0 Å². The molecule has 3 atom stereocenters. The highest BCUT2D eigenvalue weighted by Gasteiger charge is 2.53. The highest BCUT2D eigenvalue weighted by molar-refractivity contribution is 7.92. The Labute approximate surface area is 147 Å². The molecular weight excluding hydrogens is 338 g/mol. The normalized spacial score (nSPS) is 27.8. The smallest absolute Gasteiger partial charge is 0.254 e. The number of pyridine rings is 1. The number of fused-ring (bicyclic) bond motifs is 2. The highest BCUT2D eigenvalue weighted by atomic mass is 32.2. The van der Waals surface area contributed by atoms with Crippen LogP contribution < -0.4 is 0 Å². The van der Waals surface area contributed by atoms with E-state index in [1.807, 2.05) is 43.3 Å². The van der Waals surface area contributed by atoms with Crippen LogP contribution in [0.4, 0.5) is 0 Å². The quantitative estimate of drug-likeness (QED) is 0.801. The molecule has 0 radical (unpaired) electrons. The van der Waals surface area contributed by atoms with E-state index < -0.39 is 15.1 Å². The summed E-state index contributed by atoms with van der Waals surface area (Å²) in [5, 5.41) is 0.357. The van der Waals surface area contributed by atoms with Crippen LogP contribution in [0.3, 0.4) is 0 Å². The molecule has 2 fully saturated rings. The van der Waals surface area contributed by atoms with E-state index in [-0.39, 0.29) is 30.2 Å². The van der Waals surface area contributed by atoms with Gasteiger partial charge in [-0.25, -0.2) is 8.42 Å². The Hall–Kier alpha value is -1.99. The van der Waals surface area contributed by atoms with E-state index in [2.05, 4.69) is 4.98 Å². The number of carbonyl (C=O) groups is 1. The molecule has 7 heteroatoms. The molecule has 2 aliphatic rings. The van der Waals surface area contributed by atoms with Gasteiger partial charge in [0, 0.05) is 36.6 Å². The number of para-hydroxylation sites is 1. The average Bonchev–Trinajstić information content (AvgIpc) is 3.13. The van der Waals surface area contributed by atoms with Crippen LogP contribution in [-0.2, 0) is 9.84 Å². The minimum atomic E-state index is -3.16. The summed E-state index contributed by atoms with van der Waals surface area (Å²) in [7, 11) is 0.655. The van der Waals surface area contributed by atoms with Gasteiger partial charge in [0.25, 0.3) is 5.91 Å². The van der Waals surface area contributed by atoms with E-state index in [9.17, 15) is 13.2 Å². The second-order valence-corrected chi connectivity index (χ2v) is 9.41. The standard InChI is InChI=1S/C18H21N3O3S/c1-20(2)16-11-25(23,24)17-10-21(9-14(16)17)18(22)13-7-8-19-15-6-4-3-5-12(13)15/h3-8,14,16-17H,9-11H2,1-2H3/t14-,16+,17-/m0/s1. The van der Waals surface area contributed by atoms with Crippen molar-refractivity contribution in [1.82, 2.24) is 14.8 Å². The van der Waals surface area contributed by atoms with Gasteiger partial charge in [0.15, 0.2) is 9.84 Å². The van der Waals surface area contributed by atoms with Gasteiger partial charge in [0.1, 0.15) is 0 Å². The van der Waals surface area contributed by atoms with Gasteiger partial charge in [0.05, 0.1) is 22.1 Å². The largest absolute Gasteiger partial charge is 0.337 e. The lowest BCUT2D eigenvalue weighted by molar-refractivity contribution is 0.0781. The topological polar surface area (TPSA) is 70.6 Å². The minimum absolute atomic E-state index is 0.0166. The van der Waals surface area contributed by atoms with Crippen molar-refractivity contribution in [1.29, 1.82) is 0 Å². The number of nitrogens with zero attached hydrogens (tertiary/aromatic N) is 3. The van der Waals surface area contributed by atoms with E-state index in [1.165, 1.54) is 0 Å². The van der Waals surface area contributed by atoms with Crippen molar-refractivity contribution >= 4 is 26.6 Å². The second-order valence-electron chi connectivity index (χ2n) is 7.15. The number of hydrogen-bond acceptors (Lipinski definition) is 5. The molecule has 0 spiro atoms. The molecule has 1 aromatic heterocycles. The lowest BCUT2D eigenvalue weighted by atomic mass is 10.00. The Morgan fingerprint density at radius 1 is 1.20 bits per heavy atom. The third kappa shape index (κ3) is 2.62. The van der Waals surface area contributed by atoms with Crippen molar-refractivity contribution in [3.8, 4) is 0 Å². The molecule has 0 N–H and O–H groups in total. The number of hydrogen-bond donors (Lipinski definition) is 0. The van der Waals surface area contributed by atoms with Crippen LogP contribution in [0.1, 0.15) is 10.4 Å². The van der Waals surface area contributed by atoms with Crippen molar-refractivity contribution in [2.45, 2.75) is 11.3 Å². The summed E-state index contributed by atoms with van der Waals surface area (Å²) in [5.74, 6) is 0.0630. The molecule has 0 unspecified atom stereocenters. The minimum Gasteiger partial charge on any atom is -0.337 e. The molecule has 1 amide bonds. The Morgan fingerprint density at radius 2 is 1.96 bits per heavy atom. The zero-order valence-corrected chi connectivity index (χ0v) is 15.1. The number of aromatic nitrogens is 1. The summed E-state index contributed by atoms with van der Waals surface area (Å²) >= 11 is 0. The molecule has 132 valence electrons. The Balaban J connectivity index is 1.67. The molecule has 4 rings (SSSR count). The predicted molar refractivity (Wildman–Crippen MR) is 96.2 cm³/mol. The fourth-order valence-corrected chi connectivity index (χ4v) is 6.66. The van der Waals surface area contributed by atoms with Crippen LogP contribution in [0.2, 0.25) is 0 Å². The Morgan fingerprint density at radius 3 is 2.72 bits per heavy atom. The third-order valence-corrected chi connectivity index (χ3v) is 7.72. The van der Waals surface area contributed by atoms with Crippen molar-refractivity contribution < 1.29 is 13.2 Å². The van der Waals surface area contributed by atoms with E-state index in [0.717, 1.165) is 10.9 Å². The monoisotopic (exact) mass is 359 g/mol. The van der Waals surface area contributed by atoms with Crippen LogP contribution in [0.15, 0.2) is 36.5 Å². The van der Waals surface area contributed by atoms with Gasteiger partial charge in [-0.05, 0) is 26.2 Å². The van der Waals surface area contributed by atoms with Gasteiger partial charge in [-0.3, -0.25) is 9.78 Å². The average molecular weight is 359 g/mol. The molecule has 0 bridgehead atoms. The maximum absolute atomic E-state index is 13.1. The first-order valence-electron chi connectivity index (χ1n) is 8.39. The molecule has 2 saturated heterocycles. The number of carbonyl (C=O) groups excluding carboxylic acids is 1.